The van der Waals surface area contributed by atoms with Crippen LogP contribution in [0, 0.1) is 11.8 Å². The summed E-state index contributed by atoms with van der Waals surface area (Å²) < 4.78 is 22.0. The monoisotopic (exact) mass is 611 g/mol. The molecule has 2 aromatic rings. The number of ether oxygens (including phenoxy) is 4. The van der Waals surface area contributed by atoms with Crippen molar-refractivity contribution in [1.29, 1.82) is 0 Å². The maximum absolute atomic E-state index is 13.8. The van der Waals surface area contributed by atoms with Crippen molar-refractivity contribution in [3.8, 4) is 28.4 Å². The SMILES string of the molecule is COC(=O)[C@H](NC(=O)[C@@H](CC(C)C)Nc1ccc2c(cc1=O)[C@H](NC(C)=O)CCc1cc(OC)c(OC)c(OC)c1-2)C(C)C. The van der Waals surface area contributed by atoms with Crippen LogP contribution in [0.3, 0.4) is 0 Å². The van der Waals surface area contributed by atoms with Gasteiger partial charge in [0.25, 0.3) is 0 Å². The van der Waals surface area contributed by atoms with Crippen LogP contribution < -0.4 is 35.6 Å². The number of nitrogens with one attached hydrogen (secondary N) is 3. The Bertz CT molecular complexity index is 1440. The van der Waals surface area contributed by atoms with Crippen molar-refractivity contribution in [3.63, 3.8) is 0 Å². The number of carbonyl (C=O) groups excluding carboxylic acids is 3. The highest BCUT2D eigenvalue weighted by atomic mass is 16.5. The second-order valence-electron chi connectivity index (χ2n) is 11.7. The third-order valence-corrected chi connectivity index (χ3v) is 7.69. The normalized spacial score (nSPS) is 15.2. The van der Waals surface area contributed by atoms with E-state index in [-0.39, 0.29) is 28.9 Å². The van der Waals surface area contributed by atoms with Gasteiger partial charge in [-0.1, -0.05) is 33.8 Å². The molecule has 3 rings (SSSR count). The van der Waals surface area contributed by atoms with Gasteiger partial charge in [0.1, 0.15) is 12.1 Å². The average molecular weight is 612 g/mol. The summed E-state index contributed by atoms with van der Waals surface area (Å²) in [5.41, 5.74) is 2.75. The Kier molecular flexibility index (Phi) is 11.6. The zero-order valence-corrected chi connectivity index (χ0v) is 27.1. The van der Waals surface area contributed by atoms with E-state index in [1.165, 1.54) is 34.3 Å². The lowest BCUT2D eigenvalue weighted by Crippen LogP contribution is -2.51. The van der Waals surface area contributed by atoms with Gasteiger partial charge in [0, 0.05) is 12.5 Å². The Balaban J connectivity index is 2.20. The highest BCUT2D eigenvalue weighted by Gasteiger charge is 2.31. The highest BCUT2D eigenvalue weighted by molar-refractivity contribution is 5.89. The van der Waals surface area contributed by atoms with Crippen molar-refractivity contribution in [2.24, 2.45) is 11.8 Å². The Hall–Kier alpha value is -4.28. The van der Waals surface area contributed by atoms with Crippen LogP contribution in [0.2, 0.25) is 0 Å². The number of hydrogen-bond acceptors (Lipinski definition) is 9. The zero-order valence-electron chi connectivity index (χ0n) is 27.1. The molecule has 0 fully saturated rings. The molecule has 0 saturated carbocycles. The lowest BCUT2D eigenvalue weighted by atomic mass is 9.95. The van der Waals surface area contributed by atoms with Gasteiger partial charge in [0.15, 0.2) is 11.5 Å². The molecule has 0 unspecified atom stereocenters. The van der Waals surface area contributed by atoms with E-state index in [0.29, 0.717) is 47.6 Å². The zero-order chi connectivity index (χ0) is 32.7. The first-order valence-corrected chi connectivity index (χ1v) is 14.8. The van der Waals surface area contributed by atoms with Crippen molar-refractivity contribution < 1.29 is 33.3 Å². The average Bonchev–Trinajstić information content (AvgIpc) is 3.21. The molecule has 0 aromatic heterocycles. The predicted octanol–water partition coefficient (Wildman–Crippen LogP) is 4.00. The lowest BCUT2D eigenvalue weighted by Gasteiger charge is -2.25. The highest BCUT2D eigenvalue weighted by Crippen LogP contribution is 2.50. The number of carbonyl (C=O) groups is 3. The van der Waals surface area contributed by atoms with Gasteiger partial charge in [-0.25, -0.2) is 4.79 Å². The topological polar surface area (TPSA) is 141 Å². The molecule has 0 bridgehead atoms. The van der Waals surface area contributed by atoms with E-state index in [9.17, 15) is 19.2 Å². The number of amides is 2. The number of aryl methyl sites for hydroxylation is 1. The second-order valence-corrected chi connectivity index (χ2v) is 11.7. The summed E-state index contributed by atoms with van der Waals surface area (Å²) in [5.74, 6) is 0.0519. The lowest BCUT2D eigenvalue weighted by molar-refractivity contribution is -0.146. The third-order valence-electron chi connectivity index (χ3n) is 7.69. The fraction of sp³-hybridized carbons (Fsp3) is 0.515. The molecule has 2 aromatic carbocycles. The van der Waals surface area contributed by atoms with Crippen LogP contribution in [0.1, 0.15) is 64.6 Å². The van der Waals surface area contributed by atoms with Gasteiger partial charge in [-0.2, -0.15) is 0 Å². The van der Waals surface area contributed by atoms with E-state index in [0.717, 1.165) is 11.1 Å². The number of methoxy groups -OCH3 is 4. The van der Waals surface area contributed by atoms with E-state index >= 15 is 0 Å². The number of esters is 1. The van der Waals surface area contributed by atoms with E-state index in [1.54, 1.807) is 19.2 Å². The number of anilines is 1. The van der Waals surface area contributed by atoms with Gasteiger partial charge < -0.3 is 34.9 Å². The molecule has 0 radical (unpaired) electrons. The molecule has 44 heavy (non-hydrogen) atoms. The summed E-state index contributed by atoms with van der Waals surface area (Å²) in [7, 11) is 5.89. The fourth-order valence-electron chi connectivity index (χ4n) is 5.60. The van der Waals surface area contributed by atoms with Gasteiger partial charge >= 0.3 is 5.97 Å². The van der Waals surface area contributed by atoms with E-state index < -0.39 is 30.0 Å². The molecule has 11 heteroatoms. The van der Waals surface area contributed by atoms with E-state index in [4.69, 9.17) is 18.9 Å². The minimum absolute atomic E-state index is 0.0980. The first-order chi connectivity index (χ1) is 20.9. The molecule has 1 aliphatic rings. The quantitative estimate of drug-likeness (QED) is 0.304. The molecule has 3 atom stereocenters. The third kappa shape index (κ3) is 7.62. The first kappa shape index (κ1) is 34.2. The minimum atomic E-state index is -0.840. The maximum atomic E-state index is 13.8. The van der Waals surface area contributed by atoms with Crippen LogP contribution in [0.15, 0.2) is 29.1 Å². The molecular weight excluding hydrogens is 566 g/mol. The van der Waals surface area contributed by atoms with Gasteiger partial charge in [0.05, 0.1) is 40.2 Å². The van der Waals surface area contributed by atoms with Crippen molar-refractivity contribution in [3.05, 3.63) is 45.6 Å². The molecule has 1 aliphatic carbocycles. The smallest absolute Gasteiger partial charge is 0.328 e. The summed E-state index contributed by atoms with van der Waals surface area (Å²) >= 11 is 0. The molecule has 0 aliphatic heterocycles. The number of fused-ring (bicyclic) bond motifs is 3. The Morgan fingerprint density at radius 3 is 2.18 bits per heavy atom. The van der Waals surface area contributed by atoms with Crippen LogP contribution in [-0.4, -0.2) is 58.3 Å². The van der Waals surface area contributed by atoms with Gasteiger partial charge in [-0.15, -0.1) is 0 Å². The van der Waals surface area contributed by atoms with Crippen molar-refractivity contribution >= 4 is 23.5 Å². The maximum Gasteiger partial charge on any atom is 0.328 e. The van der Waals surface area contributed by atoms with Gasteiger partial charge in [-0.3, -0.25) is 14.4 Å². The van der Waals surface area contributed by atoms with E-state index in [2.05, 4.69) is 16.0 Å². The molecule has 11 nitrogen and oxygen atoms in total. The predicted molar refractivity (Wildman–Crippen MR) is 168 cm³/mol. The Morgan fingerprint density at radius 1 is 0.955 bits per heavy atom. The fourth-order valence-corrected chi connectivity index (χ4v) is 5.60. The van der Waals surface area contributed by atoms with Gasteiger partial charge in [-0.05, 0) is 66.0 Å². The van der Waals surface area contributed by atoms with Crippen LogP contribution in [0.5, 0.6) is 17.2 Å². The molecule has 240 valence electrons. The van der Waals surface area contributed by atoms with Crippen LogP contribution >= 0.6 is 0 Å². The van der Waals surface area contributed by atoms with Gasteiger partial charge in [0.2, 0.25) is 23.0 Å². The Labute approximate surface area is 259 Å². The molecule has 2 amide bonds. The molecular formula is C33H45N3O8. The van der Waals surface area contributed by atoms with Crippen molar-refractivity contribution in [1.82, 2.24) is 10.6 Å². The summed E-state index contributed by atoms with van der Waals surface area (Å²) in [6.45, 7) is 9.00. The summed E-state index contributed by atoms with van der Waals surface area (Å²) in [6.07, 6.45) is 1.49. The summed E-state index contributed by atoms with van der Waals surface area (Å²) in [6, 6.07) is 4.70. The summed E-state index contributed by atoms with van der Waals surface area (Å²) in [5, 5.41) is 8.94. The van der Waals surface area contributed by atoms with Crippen LogP contribution in [0.4, 0.5) is 5.69 Å². The largest absolute Gasteiger partial charge is 0.493 e. The minimum Gasteiger partial charge on any atom is -0.493 e. The molecule has 0 spiro atoms. The molecule has 3 N–H and O–H groups in total. The van der Waals surface area contributed by atoms with Crippen LogP contribution in [0.25, 0.3) is 11.1 Å². The van der Waals surface area contributed by atoms with Crippen LogP contribution in [-0.2, 0) is 25.5 Å². The molecule has 0 saturated heterocycles. The molecule has 0 heterocycles. The first-order valence-electron chi connectivity index (χ1n) is 14.8. The Morgan fingerprint density at radius 2 is 1.64 bits per heavy atom. The standard InChI is InChI=1S/C33H45N3O8/c1-17(2)14-25(32(39)36-29(18(3)4)33(40)44-9)35-24-13-11-21-22(16-26(24)38)23(34-19(5)37)12-10-20-15-27(41-6)30(42-7)31(43-8)28(20)21/h11,13,15-18,23,25,29H,10,12,14H2,1-9H3,(H,34,37)(H,35,38)(H,36,39)/t23-,25-,29-/m1/s1. The second kappa shape index (κ2) is 14.9. The van der Waals surface area contributed by atoms with Crippen molar-refractivity contribution in [2.75, 3.05) is 33.8 Å². The number of hydrogen-bond donors (Lipinski definition) is 3. The van der Waals surface area contributed by atoms with Crippen molar-refractivity contribution in [2.45, 2.75) is 72.0 Å². The summed E-state index contributed by atoms with van der Waals surface area (Å²) in [4.78, 5) is 51.9. The number of benzene rings is 1. The van der Waals surface area contributed by atoms with E-state index in [1.807, 2.05) is 33.8 Å². The number of rotatable bonds is 12.